The van der Waals surface area contributed by atoms with E-state index < -0.39 is 0 Å². The van der Waals surface area contributed by atoms with Crippen molar-refractivity contribution in [3.8, 4) is 0 Å². The fraction of sp³-hybridized carbons (Fsp3) is 0.812. The van der Waals surface area contributed by atoms with E-state index in [1.807, 2.05) is 0 Å². The van der Waals surface area contributed by atoms with Crippen LogP contribution < -0.4 is 0 Å². The van der Waals surface area contributed by atoms with Crippen LogP contribution in [0.15, 0.2) is 12.2 Å². The minimum absolute atomic E-state index is 0.149. The van der Waals surface area contributed by atoms with Gasteiger partial charge < -0.3 is 4.90 Å². The lowest BCUT2D eigenvalue weighted by Crippen LogP contribution is -2.55. The predicted octanol–water partition coefficient (Wildman–Crippen LogP) is 1.33. The van der Waals surface area contributed by atoms with Crippen LogP contribution in [-0.2, 0) is 4.79 Å². The molecule has 2 aliphatic heterocycles. The van der Waals surface area contributed by atoms with Gasteiger partial charge >= 0.3 is 0 Å². The molecule has 3 rings (SSSR count). The van der Waals surface area contributed by atoms with E-state index in [4.69, 9.17) is 0 Å². The van der Waals surface area contributed by atoms with Gasteiger partial charge in [-0.15, -0.1) is 0 Å². The van der Waals surface area contributed by atoms with Crippen molar-refractivity contribution in [2.75, 3.05) is 39.8 Å². The molecule has 0 aromatic heterocycles. The van der Waals surface area contributed by atoms with Crippen LogP contribution in [0.3, 0.4) is 0 Å². The smallest absolute Gasteiger partial charge is 0.240 e. The largest absolute Gasteiger partial charge is 0.339 e. The molecule has 2 saturated heterocycles. The molecule has 1 amide bonds. The summed E-state index contributed by atoms with van der Waals surface area (Å²) in [6.07, 6.45) is 10.7. The van der Waals surface area contributed by atoms with Crippen LogP contribution >= 0.6 is 0 Å². The van der Waals surface area contributed by atoms with Gasteiger partial charge in [0.15, 0.2) is 0 Å². The summed E-state index contributed by atoms with van der Waals surface area (Å²) in [7, 11) is 2.08. The highest BCUT2D eigenvalue weighted by molar-refractivity contribution is 5.82. The van der Waals surface area contributed by atoms with Crippen molar-refractivity contribution in [1.82, 2.24) is 14.7 Å². The number of likely N-dealkylation sites (tertiary alicyclic amines) is 1. The quantitative estimate of drug-likeness (QED) is 0.713. The molecule has 1 aliphatic carbocycles. The van der Waals surface area contributed by atoms with Crippen molar-refractivity contribution in [3.05, 3.63) is 12.2 Å². The zero-order valence-corrected chi connectivity index (χ0v) is 12.6. The highest BCUT2D eigenvalue weighted by atomic mass is 16.2. The second-order valence-corrected chi connectivity index (χ2v) is 6.43. The molecular formula is C16H27N3O. The van der Waals surface area contributed by atoms with Gasteiger partial charge in [0.1, 0.15) is 0 Å². The Morgan fingerprint density at radius 2 is 1.85 bits per heavy atom. The number of hydrogen-bond acceptors (Lipinski definition) is 3. The Morgan fingerprint density at radius 3 is 2.45 bits per heavy atom. The fourth-order valence-electron chi connectivity index (χ4n) is 3.81. The maximum Gasteiger partial charge on any atom is 0.240 e. The number of nitrogens with zero attached hydrogens (tertiary/aromatic N) is 3. The van der Waals surface area contributed by atoms with Gasteiger partial charge in [-0.1, -0.05) is 12.2 Å². The van der Waals surface area contributed by atoms with Gasteiger partial charge in [-0.2, -0.15) is 0 Å². The molecule has 2 heterocycles. The number of carbonyl (C=O) groups excluding carboxylic acids is 1. The molecule has 0 saturated carbocycles. The molecular weight excluding hydrogens is 250 g/mol. The average molecular weight is 277 g/mol. The maximum atomic E-state index is 12.5. The Kier molecular flexibility index (Phi) is 4.41. The minimum atomic E-state index is 0.149. The summed E-state index contributed by atoms with van der Waals surface area (Å²) in [4.78, 5) is 19.4. The van der Waals surface area contributed by atoms with Gasteiger partial charge in [0, 0.05) is 32.2 Å². The molecule has 4 heteroatoms. The molecule has 0 unspecified atom stereocenters. The Balaban J connectivity index is 1.51. The third-order valence-corrected chi connectivity index (χ3v) is 5.13. The normalized spacial score (nSPS) is 32.8. The summed E-state index contributed by atoms with van der Waals surface area (Å²) in [5.41, 5.74) is 0. The number of amides is 1. The van der Waals surface area contributed by atoms with E-state index in [9.17, 15) is 4.79 Å². The second-order valence-electron chi connectivity index (χ2n) is 6.43. The average Bonchev–Trinajstić information content (AvgIpc) is 2.94. The van der Waals surface area contributed by atoms with E-state index in [1.54, 1.807) is 0 Å². The van der Waals surface area contributed by atoms with Crippen LogP contribution in [0, 0.1) is 0 Å². The lowest BCUT2D eigenvalue weighted by molar-refractivity contribution is -0.137. The Bertz CT molecular complexity index is 374. The van der Waals surface area contributed by atoms with Crippen LogP contribution in [0.2, 0.25) is 0 Å². The Hall–Kier alpha value is -0.870. The summed E-state index contributed by atoms with van der Waals surface area (Å²) in [6.45, 7) is 4.97. The number of carbonyl (C=O) groups is 1. The van der Waals surface area contributed by atoms with Crippen molar-refractivity contribution in [3.63, 3.8) is 0 Å². The van der Waals surface area contributed by atoms with Gasteiger partial charge in [0.25, 0.3) is 0 Å². The van der Waals surface area contributed by atoms with E-state index in [2.05, 4.69) is 33.9 Å². The zero-order chi connectivity index (χ0) is 13.9. The van der Waals surface area contributed by atoms with Crippen LogP contribution in [0.5, 0.6) is 0 Å². The summed E-state index contributed by atoms with van der Waals surface area (Å²) in [5, 5.41) is 0. The molecule has 0 aromatic rings. The number of allylic oxidation sites excluding steroid dienone is 1. The molecule has 112 valence electrons. The first-order chi connectivity index (χ1) is 9.75. The molecule has 0 bridgehead atoms. The molecule has 0 radical (unpaired) electrons. The highest BCUT2D eigenvalue weighted by Crippen LogP contribution is 2.21. The highest BCUT2D eigenvalue weighted by Gasteiger charge is 2.33. The first-order valence-corrected chi connectivity index (χ1v) is 8.15. The molecule has 2 fully saturated rings. The molecule has 2 atom stereocenters. The molecule has 3 aliphatic rings. The topological polar surface area (TPSA) is 26.8 Å². The number of likely N-dealkylation sites (N-methyl/N-ethyl adjacent to an activating group) is 1. The van der Waals surface area contributed by atoms with Gasteiger partial charge in [-0.05, 0) is 45.7 Å². The van der Waals surface area contributed by atoms with E-state index in [-0.39, 0.29) is 6.04 Å². The third-order valence-electron chi connectivity index (χ3n) is 5.13. The number of rotatable bonds is 2. The van der Waals surface area contributed by atoms with Crippen LogP contribution in [0.25, 0.3) is 0 Å². The lowest BCUT2D eigenvalue weighted by atomic mass is 10.0. The van der Waals surface area contributed by atoms with Crippen molar-refractivity contribution in [1.29, 1.82) is 0 Å². The fourth-order valence-corrected chi connectivity index (χ4v) is 3.81. The summed E-state index contributed by atoms with van der Waals surface area (Å²) >= 11 is 0. The van der Waals surface area contributed by atoms with Crippen molar-refractivity contribution < 1.29 is 4.79 Å². The van der Waals surface area contributed by atoms with Crippen LogP contribution in [-0.4, -0.2) is 72.5 Å². The van der Waals surface area contributed by atoms with Crippen molar-refractivity contribution in [2.24, 2.45) is 0 Å². The monoisotopic (exact) mass is 277 g/mol. The summed E-state index contributed by atoms with van der Waals surface area (Å²) in [6, 6.07) is 0.770. The minimum Gasteiger partial charge on any atom is -0.339 e. The third kappa shape index (κ3) is 2.91. The van der Waals surface area contributed by atoms with Gasteiger partial charge in [-0.25, -0.2) is 0 Å². The Morgan fingerprint density at radius 1 is 1.05 bits per heavy atom. The summed E-state index contributed by atoms with van der Waals surface area (Å²) in [5.74, 6) is 0.365. The molecule has 0 N–H and O–H groups in total. The molecule has 0 aromatic carbocycles. The second kappa shape index (κ2) is 6.27. The molecule has 0 spiro atoms. The molecule has 4 nitrogen and oxygen atoms in total. The predicted molar refractivity (Wildman–Crippen MR) is 80.6 cm³/mol. The van der Waals surface area contributed by atoms with E-state index in [0.29, 0.717) is 11.9 Å². The van der Waals surface area contributed by atoms with E-state index in [1.165, 1.54) is 25.7 Å². The standard InChI is InChI=1S/C16H27N3O/c1-17-9-5-8-15(17)16(20)19-12-10-18(11-13-19)14-6-3-2-4-7-14/h3,6,14-15H,2,4-5,7-13H2,1H3/t14-,15-/m0/s1. The van der Waals surface area contributed by atoms with E-state index in [0.717, 1.165) is 39.1 Å². The van der Waals surface area contributed by atoms with Crippen LogP contribution in [0.4, 0.5) is 0 Å². The zero-order valence-electron chi connectivity index (χ0n) is 12.6. The van der Waals surface area contributed by atoms with E-state index >= 15 is 0 Å². The van der Waals surface area contributed by atoms with Gasteiger partial charge in [0.05, 0.1) is 6.04 Å². The van der Waals surface area contributed by atoms with Crippen molar-refractivity contribution in [2.45, 2.75) is 44.2 Å². The first kappa shape index (κ1) is 14.1. The first-order valence-electron chi connectivity index (χ1n) is 8.15. The van der Waals surface area contributed by atoms with Gasteiger partial charge in [0.2, 0.25) is 5.91 Å². The maximum absolute atomic E-state index is 12.5. The van der Waals surface area contributed by atoms with Crippen LogP contribution in [0.1, 0.15) is 32.1 Å². The van der Waals surface area contributed by atoms with Gasteiger partial charge in [-0.3, -0.25) is 14.6 Å². The van der Waals surface area contributed by atoms with Crippen molar-refractivity contribution >= 4 is 5.91 Å². The number of piperazine rings is 1. The SMILES string of the molecule is CN1CCC[C@H]1C(=O)N1CCN([C@H]2C=CCCC2)CC1. The Labute approximate surface area is 122 Å². The molecule has 20 heavy (non-hydrogen) atoms. The number of hydrogen-bond donors (Lipinski definition) is 0. The summed E-state index contributed by atoms with van der Waals surface area (Å²) < 4.78 is 0. The lowest BCUT2D eigenvalue weighted by Gasteiger charge is -2.40.